The van der Waals surface area contributed by atoms with Crippen LogP contribution in [0.2, 0.25) is 5.02 Å². The van der Waals surface area contributed by atoms with Crippen LogP contribution in [0.25, 0.3) is 11.2 Å². The molecule has 1 aliphatic heterocycles. The minimum absolute atomic E-state index is 0.386. The number of hydrogen-bond acceptors (Lipinski definition) is 3. The normalized spacial score (nSPS) is 17.2. The third-order valence-electron chi connectivity index (χ3n) is 3.53. The number of hydrogen-bond donors (Lipinski definition) is 0. The van der Waals surface area contributed by atoms with Gasteiger partial charge in [-0.05, 0) is 24.8 Å². The first-order valence-electron chi connectivity index (χ1n) is 6.42. The van der Waals surface area contributed by atoms with Crippen LogP contribution in [0.3, 0.4) is 0 Å². The lowest BCUT2D eigenvalue weighted by molar-refractivity contribution is 0.0613. The lowest BCUT2D eigenvalue weighted by atomic mass is 10.0. The molecule has 3 rings (SSSR count). The number of halogens is 2. The van der Waals surface area contributed by atoms with Crippen molar-refractivity contribution in [1.29, 1.82) is 0 Å². The Bertz CT molecular complexity index is 579. The van der Waals surface area contributed by atoms with Crippen molar-refractivity contribution in [3.63, 3.8) is 0 Å². The Kier molecular flexibility index (Phi) is 3.91. The monoisotopic (exact) mass is 299 g/mol. The first-order valence-corrected chi connectivity index (χ1v) is 7.33. The molecule has 0 unspecified atom stereocenters. The number of fused-ring (bicyclic) bond motifs is 1. The second-order valence-electron chi connectivity index (χ2n) is 4.82. The molecule has 0 aromatic carbocycles. The van der Waals surface area contributed by atoms with Crippen molar-refractivity contribution in [2.75, 3.05) is 13.2 Å². The fourth-order valence-electron chi connectivity index (χ4n) is 2.51. The molecule has 0 saturated carbocycles. The van der Waals surface area contributed by atoms with Crippen LogP contribution in [-0.2, 0) is 17.2 Å². The van der Waals surface area contributed by atoms with E-state index in [1.807, 2.05) is 6.07 Å². The van der Waals surface area contributed by atoms with Crippen LogP contribution in [0.5, 0.6) is 0 Å². The van der Waals surface area contributed by atoms with Gasteiger partial charge in [-0.3, -0.25) is 0 Å². The Morgan fingerprint density at radius 1 is 1.37 bits per heavy atom. The number of imidazole rings is 1. The minimum atomic E-state index is 0.386. The van der Waals surface area contributed by atoms with Crippen molar-refractivity contribution in [1.82, 2.24) is 14.5 Å². The molecule has 0 spiro atoms. The molecule has 1 aliphatic rings. The van der Waals surface area contributed by atoms with Gasteiger partial charge >= 0.3 is 0 Å². The quantitative estimate of drug-likeness (QED) is 0.817. The minimum Gasteiger partial charge on any atom is -0.381 e. The zero-order valence-corrected chi connectivity index (χ0v) is 12.0. The summed E-state index contributed by atoms with van der Waals surface area (Å²) in [6.45, 7) is 2.58. The zero-order valence-electron chi connectivity index (χ0n) is 10.5. The highest BCUT2D eigenvalue weighted by atomic mass is 35.5. The van der Waals surface area contributed by atoms with Crippen molar-refractivity contribution in [2.45, 2.75) is 25.3 Å². The maximum atomic E-state index is 5.99. The summed E-state index contributed by atoms with van der Waals surface area (Å²) in [5, 5.41) is 0.601. The Morgan fingerprint density at radius 3 is 2.89 bits per heavy atom. The molecule has 19 heavy (non-hydrogen) atoms. The molecule has 102 valence electrons. The zero-order chi connectivity index (χ0) is 13.2. The summed E-state index contributed by atoms with van der Waals surface area (Å²) in [5.74, 6) is 1.85. The molecule has 0 radical (unpaired) electrons. The molecule has 4 nitrogen and oxygen atoms in total. The van der Waals surface area contributed by atoms with Gasteiger partial charge in [0.1, 0.15) is 11.3 Å². The molecule has 0 N–H and O–H groups in total. The molecule has 0 aliphatic carbocycles. The topological polar surface area (TPSA) is 39.9 Å². The molecule has 6 heteroatoms. The van der Waals surface area contributed by atoms with Gasteiger partial charge < -0.3 is 9.30 Å². The van der Waals surface area contributed by atoms with Crippen LogP contribution < -0.4 is 0 Å². The van der Waals surface area contributed by atoms with Gasteiger partial charge in [-0.1, -0.05) is 11.6 Å². The van der Waals surface area contributed by atoms with Gasteiger partial charge in [0.05, 0.1) is 10.9 Å². The molecule has 2 aromatic rings. The van der Waals surface area contributed by atoms with E-state index in [4.69, 9.17) is 27.9 Å². The van der Waals surface area contributed by atoms with Crippen molar-refractivity contribution in [3.8, 4) is 0 Å². The Morgan fingerprint density at radius 2 is 2.16 bits per heavy atom. The number of nitrogens with zero attached hydrogens (tertiary/aromatic N) is 3. The van der Waals surface area contributed by atoms with Gasteiger partial charge in [-0.2, -0.15) is 0 Å². The van der Waals surface area contributed by atoms with Gasteiger partial charge in [0, 0.05) is 26.0 Å². The predicted octanol–water partition coefficient (Wildman–Crippen LogP) is 3.25. The number of alkyl halides is 1. The maximum Gasteiger partial charge on any atom is 0.160 e. The molecule has 2 aromatic heterocycles. The van der Waals surface area contributed by atoms with E-state index in [2.05, 4.69) is 14.5 Å². The standard InChI is InChI=1S/C13H15Cl2N3O/c14-6-12-17-11-5-10(15)7-16-13(11)18(12)8-9-1-3-19-4-2-9/h5,7,9H,1-4,6,8H2. The van der Waals surface area contributed by atoms with E-state index >= 15 is 0 Å². The van der Waals surface area contributed by atoms with Gasteiger partial charge in [0.2, 0.25) is 0 Å². The number of aromatic nitrogens is 3. The fourth-order valence-corrected chi connectivity index (χ4v) is 2.87. The first kappa shape index (κ1) is 13.2. The van der Waals surface area contributed by atoms with E-state index in [0.29, 0.717) is 16.8 Å². The van der Waals surface area contributed by atoms with E-state index in [1.165, 1.54) is 0 Å². The highest BCUT2D eigenvalue weighted by Crippen LogP contribution is 2.23. The highest BCUT2D eigenvalue weighted by molar-refractivity contribution is 6.31. The number of rotatable bonds is 3. The van der Waals surface area contributed by atoms with Gasteiger partial charge in [-0.15, -0.1) is 11.6 Å². The van der Waals surface area contributed by atoms with Crippen LogP contribution in [-0.4, -0.2) is 27.7 Å². The maximum absolute atomic E-state index is 5.99. The average Bonchev–Trinajstić information content (AvgIpc) is 2.77. The largest absolute Gasteiger partial charge is 0.381 e. The Balaban J connectivity index is 1.95. The molecular weight excluding hydrogens is 285 g/mol. The SMILES string of the molecule is ClCc1nc2cc(Cl)cnc2n1CC1CCOCC1. The predicted molar refractivity (Wildman–Crippen MR) is 75.6 cm³/mol. The van der Waals surface area contributed by atoms with Crippen LogP contribution in [0.1, 0.15) is 18.7 Å². The van der Waals surface area contributed by atoms with Crippen LogP contribution in [0, 0.1) is 5.92 Å². The van der Waals surface area contributed by atoms with Crippen LogP contribution in [0.15, 0.2) is 12.3 Å². The summed E-state index contributed by atoms with van der Waals surface area (Å²) in [6.07, 6.45) is 3.81. The lowest BCUT2D eigenvalue weighted by Gasteiger charge is -2.23. The van der Waals surface area contributed by atoms with E-state index in [0.717, 1.165) is 49.6 Å². The average molecular weight is 300 g/mol. The van der Waals surface area contributed by atoms with Crippen LogP contribution in [0.4, 0.5) is 0 Å². The number of pyridine rings is 1. The number of ether oxygens (including phenoxy) is 1. The summed E-state index contributed by atoms with van der Waals surface area (Å²) in [6, 6.07) is 1.83. The molecule has 0 atom stereocenters. The van der Waals surface area contributed by atoms with Gasteiger partial charge in [0.25, 0.3) is 0 Å². The smallest absolute Gasteiger partial charge is 0.160 e. The fraction of sp³-hybridized carbons (Fsp3) is 0.538. The van der Waals surface area contributed by atoms with E-state index in [9.17, 15) is 0 Å². The molecule has 0 bridgehead atoms. The molecular formula is C13H15Cl2N3O. The van der Waals surface area contributed by atoms with E-state index in [1.54, 1.807) is 6.20 Å². The second-order valence-corrected chi connectivity index (χ2v) is 5.53. The highest BCUT2D eigenvalue weighted by Gasteiger charge is 2.18. The summed E-state index contributed by atoms with van der Waals surface area (Å²) in [7, 11) is 0. The molecule has 1 saturated heterocycles. The van der Waals surface area contributed by atoms with Crippen LogP contribution >= 0.6 is 23.2 Å². The van der Waals surface area contributed by atoms with Crippen molar-refractivity contribution < 1.29 is 4.74 Å². The van der Waals surface area contributed by atoms with Crippen molar-refractivity contribution in [2.24, 2.45) is 5.92 Å². The summed E-state index contributed by atoms with van der Waals surface area (Å²) in [4.78, 5) is 8.90. The van der Waals surface area contributed by atoms with E-state index < -0.39 is 0 Å². The lowest BCUT2D eigenvalue weighted by Crippen LogP contribution is -2.21. The molecule has 0 amide bonds. The Labute approximate surface area is 121 Å². The van der Waals surface area contributed by atoms with Gasteiger partial charge in [0.15, 0.2) is 5.65 Å². The first-order chi connectivity index (χ1) is 9.28. The Hall–Kier alpha value is -0.840. The summed E-state index contributed by atoms with van der Waals surface area (Å²) in [5.41, 5.74) is 1.68. The third kappa shape index (κ3) is 2.71. The van der Waals surface area contributed by atoms with Crippen molar-refractivity contribution in [3.05, 3.63) is 23.1 Å². The second kappa shape index (κ2) is 5.65. The van der Waals surface area contributed by atoms with E-state index in [-0.39, 0.29) is 0 Å². The van der Waals surface area contributed by atoms with Crippen molar-refractivity contribution >= 4 is 34.4 Å². The third-order valence-corrected chi connectivity index (χ3v) is 3.98. The summed E-state index contributed by atoms with van der Waals surface area (Å²) >= 11 is 11.9. The summed E-state index contributed by atoms with van der Waals surface area (Å²) < 4.78 is 7.51. The van der Waals surface area contributed by atoms with Gasteiger partial charge in [-0.25, -0.2) is 9.97 Å². The molecule has 1 fully saturated rings. The molecule has 3 heterocycles.